The van der Waals surface area contributed by atoms with Gasteiger partial charge < -0.3 is 4.74 Å². The van der Waals surface area contributed by atoms with Crippen LogP contribution in [-0.4, -0.2) is 26.8 Å². The molecular weight excluding hydrogens is 496 g/mol. The van der Waals surface area contributed by atoms with Gasteiger partial charge in [0.2, 0.25) is 0 Å². The number of alkyl carbamates (subject to hydrolysis) is 1. The third-order valence-electron chi connectivity index (χ3n) is 4.44. The number of allylic oxidation sites excluding steroid dienone is 1. The van der Waals surface area contributed by atoms with E-state index in [4.69, 9.17) is 17.0 Å². The lowest BCUT2D eigenvalue weighted by Gasteiger charge is -2.29. The van der Waals surface area contributed by atoms with Gasteiger partial charge in [-0.3, -0.25) is 15.0 Å². The first-order valence-electron chi connectivity index (χ1n) is 9.63. The Hall–Kier alpha value is -2.16. The second-order valence-corrected chi connectivity index (χ2v) is 10.5. The predicted molar refractivity (Wildman–Crippen MR) is 132 cm³/mol. The number of thioether (sulfide) groups is 1. The molecule has 162 valence electrons. The quantitative estimate of drug-likeness (QED) is 0.382. The van der Waals surface area contributed by atoms with Crippen molar-refractivity contribution in [2.45, 2.75) is 39.5 Å². The van der Waals surface area contributed by atoms with E-state index in [9.17, 15) is 9.59 Å². The van der Waals surface area contributed by atoms with Crippen molar-refractivity contribution in [1.82, 2.24) is 10.2 Å². The van der Waals surface area contributed by atoms with Gasteiger partial charge in [-0.1, -0.05) is 82.4 Å². The van der Waals surface area contributed by atoms with Crippen molar-refractivity contribution in [1.29, 1.82) is 0 Å². The summed E-state index contributed by atoms with van der Waals surface area (Å²) in [5, 5.41) is 2.82. The first kappa shape index (κ1) is 23.5. The van der Waals surface area contributed by atoms with E-state index in [0.717, 1.165) is 15.6 Å². The predicted octanol–water partition coefficient (Wildman–Crippen LogP) is 6.26. The maximum absolute atomic E-state index is 13.4. The summed E-state index contributed by atoms with van der Waals surface area (Å²) in [5.74, 6) is -0.250. The van der Waals surface area contributed by atoms with Gasteiger partial charge in [0.05, 0.1) is 4.91 Å². The van der Waals surface area contributed by atoms with Crippen LogP contribution in [0.2, 0.25) is 0 Å². The van der Waals surface area contributed by atoms with E-state index < -0.39 is 17.9 Å². The van der Waals surface area contributed by atoms with Crippen molar-refractivity contribution in [3.05, 3.63) is 75.1 Å². The number of ether oxygens (including phenoxy) is 1. The second-order valence-electron chi connectivity index (χ2n) is 7.96. The Kier molecular flexibility index (Phi) is 7.24. The fraction of sp³-hybridized carbons (Fsp3) is 0.261. The molecule has 5 nitrogen and oxygen atoms in total. The van der Waals surface area contributed by atoms with Crippen LogP contribution in [0, 0.1) is 0 Å². The number of nitrogens with one attached hydrogen (secondary N) is 1. The van der Waals surface area contributed by atoms with Crippen LogP contribution < -0.4 is 5.32 Å². The average molecular weight is 519 g/mol. The van der Waals surface area contributed by atoms with Gasteiger partial charge in [0.1, 0.15) is 16.1 Å². The van der Waals surface area contributed by atoms with Crippen LogP contribution in [0.1, 0.15) is 45.0 Å². The monoisotopic (exact) mass is 518 g/mol. The van der Waals surface area contributed by atoms with Gasteiger partial charge in [-0.15, -0.1) is 0 Å². The van der Waals surface area contributed by atoms with Crippen molar-refractivity contribution in [2.24, 2.45) is 0 Å². The molecule has 2 amide bonds. The molecule has 1 atom stereocenters. The number of amides is 2. The summed E-state index contributed by atoms with van der Waals surface area (Å²) in [6, 6.07) is 17.0. The minimum atomic E-state index is -0.795. The summed E-state index contributed by atoms with van der Waals surface area (Å²) in [7, 11) is 0. The normalized spacial score (nSPS) is 16.9. The zero-order chi connectivity index (χ0) is 22.8. The largest absolute Gasteiger partial charge is 0.444 e. The third kappa shape index (κ3) is 5.75. The van der Waals surface area contributed by atoms with Crippen LogP contribution in [0.25, 0.3) is 5.57 Å². The number of nitrogens with zero attached hydrogens (tertiary/aromatic N) is 1. The highest BCUT2D eigenvalue weighted by atomic mass is 79.9. The molecule has 0 spiro atoms. The standard InChI is InChI=1S/C23H23BrN2O3S2/c1-14(15-8-6-5-7-9-15)18-20(27)26(22(30)31-18)19(16-10-12-17(24)13-11-16)25-21(28)29-23(2,3)4/h5-13,19H,1-4H3,(H,25,28)/b18-14-. The zero-order valence-corrected chi connectivity index (χ0v) is 20.9. The molecule has 0 aliphatic carbocycles. The minimum Gasteiger partial charge on any atom is -0.444 e. The van der Waals surface area contributed by atoms with Gasteiger partial charge in [-0.05, 0) is 56.5 Å². The summed E-state index contributed by atoms with van der Waals surface area (Å²) in [5.41, 5.74) is 1.83. The maximum atomic E-state index is 13.4. The molecule has 1 unspecified atom stereocenters. The number of thiocarbonyl (C=S) groups is 1. The van der Waals surface area contributed by atoms with Crippen molar-refractivity contribution in [3.63, 3.8) is 0 Å². The summed E-state index contributed by atoms with van der Waals surface area (Å²) in [4.78, 5) is 28.0. The van der Waals surface area contributed by atoms with Crippen molar-refractivity contribution >= 4 is 61.8 Å². The third-order valence-corrected chi connectivity index (χ3v) is 6.48. The van der Waals surface area contributed by atoms with Crippen LogP contribution in [0.3, 0.4) is 0 Å². The van der Waals surface area contributed by atoms with Crippen LogP contribution in [0.5, 0.6) is 0 Å². The van der Waals surface area contributed by atoms with E-state index in [1.807, 2.05) is 61.5 Å². The molecule has 0 bridgehead atoms. The number of hydrogen-bond acceptors (Lipinski definition) is 5. The minimum absolute atomic E-state index is 0.250. The molecule has 3 rings (SSSR count). The highest BCUT2D eigenvalue weighted by molar-refractivity contribution is 9.10. The molecule has 31 heavy (non-hydrogen) atoms. The molecule has 0 saturated carbocycles. The molecule has 1 aliphatic rings. The Morgan fingerprint density at radius 3 is 2.32 bits per heavy atom. The molecule has 8 heteroatoms. The molecule has 1 aliphatic heterocycles. The van der Waals surface area contributed by atoms with Crippen molar-refractivity contribution in [2.75, 3.05) is 0 Å². The van der Waals surface area contributed by atoms with E-state index in [2.05, 4.69) is 21.2 Å². The summed E-state index contributed by atoms with van der Waals surface area (Å²) >= 11 is 10.2. The second kappa shape index (κ2) is 9.54. The van der Waals surface area contributed by atoms with E-state index in [1.54, 1.807) is 20.8 Å². The van der Waals surface area contributed by atoms with E-state index in [0.29, 0.717) is 14.8 Å². The molecule has 0 radical (unpaired) electrons. The van der Waals surface area contributed by atoms with Crippen molar-refractivity contribution < 1.29 is 14.3 Å². The van der Waals surface area contributed by atoms with Gasteiger partial charge >= 0.3 is 6.09 Å². The van der Waals surface area contributed by atoms with Gasteiger partial charge in [0, 0.05) is 4.47 Å². The zero-order valence-electron chi connectivity index (χ0n) is 17.6. The molecule has 1 heterocycles. The molecular formula is C23H23BrN2O3S2. The first-order valence-corrected chi connectivity index (χ1v) is 11.7. The number of carbonyl (C=O) groups excluding carboxylic acids is 2. The highest BCUT2D eigenvalue weighted by Crippen LogP contribution is 2.40. The lowest BCUT2D eigenvalue weighted by atomic mass is 10.1. The Morgan fingerprint density at radius 1 is 1.13 bits per heavy atom. The van der Waals surface area contributed by atoms with Crippen LogP contribution in [0.4, 0.5) is 4.79 Å². The first-order chi connectivity index (χ1) is 14.6. The smallest absolute Gasteiger partial charge is 0.409 e. The Balaban J connectivity index is 1.98. The van der Waals surface area contributed by atoms with Crippen LogP contribution in [-0.2, 0) is 9.53 Å². The molecule has 1 saturated heterocycles. The van der Waals surface area contributed by atoms with Gasteiger partial charge in [-0.2, -0.15) is 0 Å². The van der Waals surface area contributed by atoms with Gasteiger partial charge in [-0.25, -0.2) is 4.79 Å². The van der Waals surface area contributed by atoms with Crippen LogP contribution >= 0.6 is 39.9 Å². The van der Waals surface area contributed by atoms with Gasteiger partial charge in [0.15, 0.2) is 0 Å². The Labute approximate surface area is 200 Å². The number of benzene rings is 2. The van der Waals surface area contributed by atoms with E-state index >= 15 is 0 Å². The fourth-order valence-corrected chi connectivity index (χ4v) is 4.63. The summed E-state index contributed by atoms with van der Waals surface area (Å²) in [6.45, 7) is 7.25. The Morgan fingerprint density at radius 2 is 1.74 bits per heavy atom. The van der Waals surface area contributed by atoms with Crippen LogP contribution in [0.15, 0.2) is 64.0 Å². The molecule has 0 aromatic heterocycles. The SMILES string of the molecule is C/C(=C1/SC(=S)N(C(NC(=O)OC(C)(C)C)c2ccc(Br)cc2)C1=O)c1ccccc1. The highest BCUT2D eigenvalue weighted by Gasteiger charge is 2.40. The molecule has 2 aromatic rings. The van der Waals surface area contributed by atoms with E-state index in [-0.39, 0.29) is 5.91 Å². The lowest BCUT2D eigenvalue weighted by molar-refractivity contribution is -0.124. The summed E-state index contributed by atoms with van der Waals surface area (Å²) in [6.07, 6.45) is -1.42. The lowest BCUT2D eigenvalue weighted by Crippen LogP contribution is -2.45. The number of rotatable bonds is 4. The average Bonchev–Trinajstić information content (AvgIpc) is 3.00. The summed E-state index contributed by atoms with van der Waals surface area (Å²) < 4.78 is 6.69. The molecule has 2 aromatic carbocycles. The number of halogens is 1. The fourth-order valence-electron chi connectivity index (χ4n) is 3.01. The molecule has 1 fully saturated rings. The van der Waals surface area contributed by atoms with Gasteiger partial charge in [0.25, 0.3) is 5.91 Å². The van der Waals surface area contributed by atoms with E-state index in [1.165, 1.54) is 16.7 Å². The Bertz CT molecular complexity index is 1030. The topological polar surface area (TPSA) is 58.6 Å². The molecule has 1 N–H and O–H groups in total. The number of carbonyl (C=O) groups is 2. The number of hydrogen-bond donors (Lipinski definition) is 1. The maximum Gasteiger partial charge on any atom is 0.409 e. The van der Waals surface area contributed by atoms with Crippen molar-refractivity contribution in [3.8, 4) is 0 Å².